The summed E-state index contributed by atoms with van der Waals surface area (Å²) in [7, 11) is -3.99. The molecule has 34 heavy (non-hydrogen) atoms. The normalized spacial score (nSPS) is 11.4. The lowest BCUT2D eigenvalue weighted by atomic mass is 10.1. The molecule has 178 valence electrons. The third kappa shape index (κ3) is 6.22. The number of halogens is 1. The van der Waals surface area contributed by atoms with E-state index in [-0.39, 0.29) is 23.5 Å². The van der Waals surface area contributed by atoms with Crippen LogP contribution in [0.25, 0.3) is 0 Å². The van der Waals surface area contributed by atoms with Crippen molar-refractivity contribution in [3.8, 4) is 0 Å². The Morgan fingerprint density at radius 2 is 1.68 bits per heavy atom. The minimum Gasteiger partial charge on any atom is -0.478 e. The van der Waals surface area contributed by atoms with Gasteiger partial charge in [0, 0.05) is 18.1 Å². The topological polar surface area (TPSA) is 104 Å². The van der Waals surface area contributed by atoms with Gasteiger partial charge in [-0.3, -0.25) is 4.79 Å². The Bertz CT molecular complexity index is 1310. The summed E-state index contributed by atoms with van der Waals surface area (Å²) in [4.78, 5) is 24.0. The van der Waals surface area contributed by atoms with Gasteiger partial charge in [0.1, 0.15) is 0 Å². The molecular formula is C25H25ClN2O5S. The van der Waals surface area contributed by atoms with Crippen LogP contribution < -0.4 is 5.32 Å². The summed E-state index contributed by atoms with van der Waals surface area (Å²) in [6.07, 6.45) is 0. The Kier molecular flexibility index (Phi) is 8.09. The lowest BCUT2D eigenvalue weighted by Crippen LogP contribution is -2.40. The van der Waals surface area contributed by atoms with Gasteiger partial charge in [0.25, 0.3) is 0 Å². The van der Waals surface area contributed by atoms with E-state index in [0.29, 0.717) is 16.1 Å². The molecule has 0 radical (unpaired) electrons. The monoisotopic (exact) mass is 500 g/mol. The third-order valence-electron chi connectivity index (χ3n) is 5.37. The molecule has 0 fully saturated rings. The van der Waals surface area contributed by atoms with Crippen molar-refractivity contribution in [1.82, 2.24) is 9.62 Å². The number of carboxylic acid groups (broad SMARTS) is 1. The van der Waals surface area contributed by atoms with Gasteiger partial charge in [0.05, 0.1) is 17.0 Å². The average molecular weight is 501 g/mol. The summed E-state index contributed by atoms with van der Waals surface area (Å²) >= 11 is 6.22. The summed E-state index contributed by atoms with van der Waals surface area (Å²) in [5, 5.41) is 12.3. The first-order valence-corrected chi connectivity index (χ1v) is 12.3. The molecule has 0 aromatic heterocycles. The summed E-state index contributed by atoms with van der Waals surface area (Å²) < 4.78 is 28.0. The maximum Gasteiger partial charge on any atom is 0.335 e. The number of amides is 1. The van der Waals surface area contributed by atoms with Crippen LogP contribution in [-0.4, -0.2) is 36.3 Å². The van der Waals surface area contributed by atoms with Crippen LogP contribution >= 0.6 is 11.6 Å². The second kappa shape index (κ2) is 10.8. The van der Waals surface area contributed by atoms with Crippen molar-refractivity contribution in [3.63, 3.8) is 0 Å². The number of aromatic carboxylic acids is 1. The van der Waals surface area contributed by atoms with Crippen LogP contribution in [0.3, 0.4) is 0 Å². The number of nitrogens with zero attached hydrogens (tertiary/aromatic N) is 1. The molecule has 0 heterocycles. The van der Waals surface area contributed by atoms with Gasteiger partial charge in [-0.2, -0.15) is 4.31 Å². The molecule has 0 bridgehead atoms. The zero-order chi connectivity index (χ0) is 24.9. The van der Waals surface area contributed by atoms with E-state index in [4.69, 9.17) is 16.7 Å². The van der Waals surface area contributed by atoms with E-state index in [0.717, 1.165) is 15.4 Å². The Morgan fingerprint density at radius 1 is 1.00 bits per heavy atom. The largest absolute Gasteiger partial charge is 0.478 e. The van der Waals surface area contributed by atoms with Gasteiger partial charge in [-0.25, -0.2) is 13.2 Å². The minimum atomic E-state index is -3.99. The second-order valence-corrected chi connectivity index (χ2v) is 10.2. The molecule has 7 nitrogen and oxygen atoms in total. The van der Waals surface area contributed by atoms with E-state index in [9.17, 15) is 18.0 Å². The Morgan fingerprint density at radius 3 is 2.35 bits per heavy atom. The van der Waals surface area contributed by atoms with Crippen molar-refractivity contribution in [2.75, 3.05) is 6.54 Å². The predicted molar refractivity (Wildman–Crippen MR) is 130 cm³/mol. The van der Waals surface area contributed by atoms with Crippen LogP contribution in [0.5, 0.6) is 0 Å². The van der Waals surface area contributed by atoms with Crippen LogP contribution in [0.2, 0.25) is 5.02 Å². The first-order chi connectivity index (χ1) is 16.1. The molecule has 0 aliphatic heterocycles. The van der Waals surface area contributed by atoms with E-state index >= 15 is 0 Å². The molecule has 0 atom stereocenters. The zero-order valence-corrected chi connectivity index (χ0v) is 20.4. The fourth-order valence-electron chi connectivity index (χ4n) is 3.33. The molecule has 0 saturated heterocycles. The number of rotatable bonds is 9. The molecule has 2 N–H and O–H groups in total. The van der Waals surface area contributed by atoms with Gasteiger partial charge < -0.3 is 10.4 Å². The number of hydrogen-bond acceptors (Lipinski definition) is 4. The maximum absolute atomic E-state index is 13.4. The van der Waals surface area contributed by atoms with Crippen LogP contribution in [0.4, 0.5) is 0 Å². The van der Waals surface area contributed by atoms with Crippen molar-refractivity contribution in [3.05, 3.63) is 99.6 Å². The fraction of sp³-hybridized carbons (Fsp3) is 0.200. The van der Waals surface area contributed by atoms with Gasteiger partial charge in [0.2, 0.25) is 15.9 Å². The number of aryl methyl sites for hydroxylation is 1. The first-order valence-electron chi connectivity index (χ1n) is 10.5. The molecular weight excluding hydrogens is 476 g/mol. The molecule has 9 heteroatoms. The van der Waals surface area contributed by atoms with Gasteiger partial charge in [-0.05, 0) is 60.9 Å². The van der Waals surface area contributed by atoms with Gasteiger partial charge >= 0.3 is 5.97 Å². The average Bonchev–Trinajstić information content (AvgIpc) is 2.80. The highest BCUT2D eigenvalue weighted by molar-refractivity contribution is 7.89. The number of carbonyl (C=O) groups is 2. The molecule has 1 amide bonds. The summed E-state index contributed by atoms with van der Waals surface area (Å²) in [6.45, 7) is 3.26. The Hall–Kier alpha value is -3.20. The number of carbonyl (C=O) groups excluding carboxylic acids is 1. The predicted octanol–water partition coefficient (Wildman–Crippen LogP) is 4.16. The van der Waals surface area contributed by atoms with Gasteiger partial charge in [-0.1, -0.05) is 53.6 Å². The number of nitrogens with one attached hydrogen (secondary N) is 1. The quantitative estimate of drug-likeness (QED) is 0.459. The van der Waals surface area contributed by atoms with Crippen LogP contribution in [-0.2, 0) is 27.9 Å². The van der Waals surface area contributed by atoms with E-state index in [1.54, 1.807) is 49.4 Å². The van der Waals surface area contributed by atoms with Crippen LogP contribution in [0, 0.1) is 13.8 Å². The highest BCUT2D eigenvalue weighted by atomic mass is 35.5. The van der Waals surface area contributed by atoms with Crippen molar-refractivity contribution >= 4 is 33.5 Å². The molecule has 3 aromatic carbocycles. The van der Waals surface area contributed by atoms with Gasteiger partial charge in [0.15, 0.2) is 0 Å². The van der Waals surface area contributed by atoms with E-state index in [1.807, 2.05) is 6.92 Å². The van der Waals surface area contributed by atoms with Gasteiger partial charge in [-0.15, -0.1) is 0 Å². The highest BCUT2D eigenvalue weighted by Gasteiger charge is 2.27. The van der Waals surface area contributed by atoms with Crippen LogP contribution in [0.1, 0.15) is 32.6 Å². The molecule has 0 aliphatic rings. The molecule has 0 spiro atoms. The molecule has 3 rings (SSSR count). The van der Waals surface area contributed by atoms with Crippen molar-refractivity contribution < 1.29 is 23.1 Å². The van der Waals surface area contributed by atoms with E-state index in [2.05, 4.69) is 5.32 Å². The summed E-state index contributed by atoms with van der Waals surface area (Å²) in [5.41, 5.74) is 3.03. The first kappa shape index (κ1) is 25.4. The summed E-state index contributed by atoms with van der Waals surface area (Å²) in [5.74, 6) is -1.59. The third-order valence-corrected chi connectivity index (χ3v) is 7.58. The second-order valence-electron chi connectivity index (χ2n) is 7.89. The fourth-order valence-corrected chi connectivity index (χ4v) is 4.90. The number of benzene rings is 3. The SMILES string of the molecule is Cc1ccc(S(=O)(=O)N(CC(=O)NCc2cccc(C(=O)O)c2)Cc2cccc(Cl)c2C)cc1. The van der Waals surface area contributed by atoms with Crippen molar-refractivity contribution in [1.29, 1.82) is 0 Å². The van der Waals surface area contributed by atoms with E-state index < -0.39 is 28.4 Å². The smallest absolute Gasteiger partial charge is 0.335 e. The molecule has 0 saturated carbocycles. The Labute approximate surface area is 204 Å². The minimum absolute atomic E-state index is 0.0372. The zero-order valence-electron chi connectivity index (χ0n) is 18.8. The lowest BCUT2D eigenvalue weighted by Gasteiger charge is -2.23. The molecule has 3 aromatic rings. The summed E-state index contributed by atoms with van der Waals surface area (Å²) in [6, 6.07) is 17.8. The maximum atomic E-state index is 13.4. The number of hydrogen-bond donors (Lipinski definition) is 2. The molecule has 0 unspecified atom stereocenters. The number of carboxylic acids is 1. The van der Waals surface area contributed by atoms with Crippen molar-refractivity contribution in [2.45, 2.75) is 31.8 Å². The highest BCUT2D eigenvalue weighted by Crippen LogP contribution is 2.24. The van der Waals surface area contributed by atoms with Crippen molar-refractivity contribution in [2.24, 2.45) is 0 Å². The number of sulfonamides is 1. The molecule has 0 aliphatic carbocycles. The lowest BCUT2D eigenvalue weighted by molar-refractivity contribution is -0.121. The van der Waals surface area contributed by atoms with E-state index in [1.165, 1.54) is 24.3 Å². The Balaban J connectivity index is 1.83. The van der Waals surface area contributed by atoms with Crippen LogP contribution in [0.15, 0.2) is 71.6 Å². The standard InChI is InChI=1S/C25H25ClN2O5S/c1-17-9-11-22(12-10-17)34(32,33)28(15-21-7-4-8-23(26)18(21)2)16-24(29)27-14-19-5-3-6-20(13-19)25(30)31/h3-13H,14-16H2,1-2H3,(H,27,29)(H,30,31).